The van der Waals surface area contributed by atoms with Crippen LogP contribution in [-0.4, -0.2) is 11.7 Å². The van der Waals surface area contributed by atoms with Gasteiger partial charge in [0.2, 0.25) is 0 Å². The van der Waals surface area contributed by atoms with Gasteiger partial charge in [-0.1, -0.05) is 51.1 Å². The highest BCUT2D eigenvalue weighted by Gasteiger charge is 2.30. The van der Waals surface area contributed by atoms with Crippen LogP contribution in [0, 0.1) is 3.57 Å². The normalized spacial score (nSPS) is 12.0. The van der Waals surface area contributed by atoms with E-state index in [1.54, 1.807) is 4.90 Å². The Balaban J connectivity index is 2.66. The molecule has 25 heavy (non-hydrogen) atoms. The highest BCUT2D eigenvalue weighted by Crippen LogP contribution is 2.38. The lowest BCUT2D eigenvalue weighted by Gasteiger charge is -2.32. The second-order valence-electron chi connectivity index (χ2n) is 8.03. The number of carbonyl (C=O) groups excluding carboxylic acids is 1. The third-order valence-corrected chi connectivity index (χ3v) is 4.53. The van der Waals surface area contributed by atoms with Crippen molar-refractivity contribution < 1.29 is 9.53 Å². The fourth-order valence-corrected chi connectivity index (χ4v) is 3.20. The molecule has 0 saturated carbocycles. The number of nitrogens with zero attached hydrogens (tertiary/aromatic N) is 1. The second-order valence-corrected chi connectivity index (χ2v) is 9.20. The topological polar surface area (TPSA) is 29.5 Å². The Bertz CT molecular complexity index is 757. The molecule has 2 rings (SSSR count). The van der Waals surface area contributed by atoms with Crippen molar-refractivity contribution in [3.8, 4) is 0 Å². The maximum Gasteiger partial charge on any atom is 0.419 e. The van der Waals surface area contributed by atoms with Gasteiger partial charge in [0.05, 0.1) is 11.4 Å². The molecule has 0 spiro atoms. The predicted octanol–water partition coefficient (Wildman–Crippen LogP) is 6.66. The first-order chi connectivity index (χ1) is 11.5. The van der Waals surface area contributed by atoms with Crippen LogP contribution in [0.25, 0.3) is 0 Å². The van der Waals surface area contributed by atoms with Crippen molar-refractivity contribution >= 4 is 40.1 Å². The minimum atomic E-state index is -0.563. The van der Waals surface area contributed by atoms with E-state index in [4.69, 9.17) is 4.74 Å². The zero-order valence-electron chi connectivity index (χ0n) is 15.8. The molecule has 0 saturated heterocycles. The Morgan fingerprint density at radius 2 is 1.40 bits per heavy atom. The average molecular weight is 451 g/mol. The molecule has 0 aliphatic heterocycles. The van der Waals surface area contributed by atoms with Crippen LogP contribution in [-0.2, 0) is 10.2 Å². The molecule has 0 aromatic heterocycles. The van der Waals surface area contributed by atoms with E-state index in [1.165, 1.54) is 0 Å². The summed E-state index contributed by atoms with van der Waals surface area (Å²) >= 11 is 2.26. The molecule has 2 aromatic carbocycles. The fraction of sp³-hybridized carbons (Fsp3) is 0.381. The van der Waals surface area contributed by atoms with Gasteiger partial charge in [-0.2, -0.15) is 0 Å². The minimum Gasteiger partial charge on any atom is -0.443 e. The van der Waals surface area contributed by atoms with Crippen LogP contribution < -0.4 is 4.90 Å². The van der Waals surface area contributed by atoms with Crippen LogP contribution in [0.2, 0.25) is 0 Å². The number of carbonyl (C=O) groups is 1. The first kappa shape index (κ1) is 19.8. The number of hydrogen-bond donors (Lipinski definition) is 0. The van der Waals surface area contributed by atoms with Gasteiger partial charge in [0, 0.05) is 3.57 Å². The van der Waals surface area contributed by atoms with E-state index in [1.807, 2.05) is 63.2 Å². The fourth-order valence-electron chi connectivity index (χ4n) is 2.57. The second kappa shape index (κ2) is 7.36. The molecule has 0 unspecified atom stereocenters. The molecular formula is C21H26INO2. The number of amides is 1. The zero-order valence-corrected chi connectivity index (χ0v) is 17.9. The molecule has 0 aliphatic rings. The number of benzene rings is 2. The number of ether oxygens (including phenoxy) is 1. The summed E-state index contributed by atoms with van der Waals surface area (Å²) in [5, 5.41) is 0. The molecule has 2 aromatic rings. The van der Waals surface area contributed by atoms with Crippen LogP contribution in [0.15, 0.2) is 48.5 Å². The molecule has 3 nitrogen and oxygen atoms in total. The molecule has 0 bridgehead atoms. The Hall–Kier alpha value is -1.56. The summed E-state index contributed by atoms with van der Waals surface area (Å²) in [5.41, 5.74) is 2.12. The Morgan fingerprint density at radius 3 is 1.92 bits per heavy atom. The standard InChI is InChI=1S/C21H26INO2/c1-20(2,3)15-11-7-9-13-17(15)23(19(24)25-21(4,5)6)18-14-10-8-12-16(18)22/h7-14H,1-6H3. The van der Waals surface area contributed by atoms with Gasteiger partial charge in [0.25, 0.3) is 0 Å². The monoisotopic (exact) mass is 451 g/mol. The Labute approximate surface area is 164 Å². The smallest absolute Gasteiger partial charge is 0.419 e. The summed E-state index contributed by atoms with van der Waals surface area (Å²) in [6.07, 6.45) is -0.367. The lowest BCUT2D eigenvalue weighted by atomic mass is 9.85. The van der Waals surface area contributed by atoms with E-state index in [9.17, 15) is 4.79 Å². The summed E-state index contributed by atoms with van der Waals surface area (Å²) in [7, 11) is 0. The number of rotatable bonds is 2. The lowest BCUT2D eigenvalue weighted by molar-refractivity contribution is 0.0598. The van der Waals surface area contributed by atoms with Gasteiger partial charge in [-0.15, -0.1) is 0 Å². The van der Waals surface area contributed by atoms with Crippen LogP contribution in [0.4, 0.5) is 16.2 Å². The van der Waals surface area contributed by atoms with E-state index < -0.39 is 5.60 Å². The van der Waals surface area contributed by atoms with E-state index in [2.05, 4.69) is 49.4 Å². The number of halogens is 1. The Kier molecular flexibility index (Phi) is 5.82. The highest BCUT2D eigenvalue weighted by atomic mass is 127. The molecule has 0 N–H and O–H groups in total. The maximum absolute atomic E-state index is 13.1. The zero-order chi connectivity index (χ0) is 18.8. The molecule has 0 radical (unpaired) electrons. The van der Waals surface area contributed by atoms with Gasteiger partial charge in [-0.3, -0.25) is 0 Å². The third-order valence-electron chi connectivity index (χ3n) is 3.62. The van der Waals surface area contributed by atoms with Gasteiger partial charge in [-0.05, 0) is 72.5 Å². The van der Waals surface area contributed by atoms with Crippen molar-refractivity contribution in [2.75, 3.05) is 4.90 Å². The van der Waals surface area contributed by atoms with E-state index in [-0.39, 0.29) is 11.5 Å². The molecule has 0 atom stereocenters. The maximum atomic E-state index is 13.1. The number of anilines is 2. The van der Waals surface area contributed by atoms with Gasteiger partial charge in [0.1, 0.15) is 5.60 Å². The highest BCUT2D eigenvalue weighted by molar-refractivity contribution is 14.1. The summed E-state index contributed by atoms with van der Waals surface area (Å²) in [5.74, 6) is 0. The number of hydrogen-bond acceptors (Lipinski definition) is 2. The first-order valence-corrected chi connectivity index (χ1v) is 9.46. The Morgan fingerprint density at radius 1 is 0.880 bits per heavy atom. The van der Waals surface area contributed by atoms with Gasteiger partial charge >= 0.3 is 6.09 Å². The summed E-state index contributed by atoms with van der Waals surface area (Å²) in [6, 6.07) is 15.9. The van der Waals surface area contributed by atoms with E-state index in [0.717, 1.165) is 20.5 Å². The molecule has 0 heterocycles. The van der Waals surface area contributed by atoms with Crippen LogP contribution in [0.3, 0.4) is 0 Å². The summed E-state index contributed by atoms with van der Waals surface area (Å²) in [4.78, 5) is 14.8. The van der Waals surface area contributed by atoms with Crippen molar-refractivity contribution in [3.05, 3.63) is 57.7 Å². The van der Waals surface area contributed by atoms with Crippen molar-refractivity contribution in [2.24, 2.45) is 0 Å². The molecular weight excluding hydrogens is 425 g/mol. The largest absolute Gasteiger partial charge is 0.443 e. The van der Waals surface area contributed by atoms with Crippen LogP contribution in [0.1, 0.15) is 47.1 Å². The third kappa shape index (κ3) is 4.97. The first-order valence-electron chi connectivity index (χ1n) is 8.38. The molecule has 134 valence electrons. The molecule has 1 amide bonds. The van der Waals surface area contributed by atoms with Crippen molar-refractivity contribution in [2.45, 2.75) is 52.6 Å². The van der Waals surface area contributed by atoms with Crippen molar-refractivity contribution in [1.29, 1.82) is 0 Å². The van der Waals surface area contributed by atoms with Gasteiger partial charge in [-0.25, -0.2) is 9.69 Å². The minimum absolute atomic E-state index is 0.100. The summed E-state index contributed by atoms with van der Waals surface area (Å²) in [6.45, 7) is 12.1. The van der Waals surface area contributed by atoms with Crippen LogP contribution in [0.5, 0.6) is 0 Å². The average Bonchev–Trinajstić information content (AvgIpc) is 2.47. The van der Waals surface area contributed by atoms with Crippen LogP contribution >= 0.6 is 22.6 Å². The molecule has 0 fully saturated rings. The molecule has 4 heteroatoms. The summed E-state index contributed by atoms with van der Waals surface area (Å²) < 4.78 is 6.71. The van der Waals surface area contributed by atoms with E-state index >= 15 is 0 Å². The van der Waals surface area contributed by atoms with Gasteiger partial charge in [0.15, 0.2) is 0 Å². The van der Waals surface area contributed by atoms with Crippen molar-refractivity contribution in [1.82, 2.24) is 0 Å². The van der Waals surface area contributed by atoms with Gasteiger partial charge < -0.3 is 4.74 Å². The lowest BCUT2D eigenvalue weighted by Crippen LogP contribution is -2.35. The SMILES string of the molecule is CC(C)(C)OC(=O)N(c1ccccc1I)c1ccccc1C(C)(C)C. The molecule has 0 aliphatic carbocycles. The van der Waals surface area contributed by atoms with Crippen molar-refractivity contribution in [3.63, 3.8) is 0 Å². The van der Waals surface area contributed by atoms with E-state index in [0.29, 0.717) is 0 Å². The number of para-hydroxylation sites is 2. The predicted molar refractivity (Wildman–Crippen MR) is 113 cm³/mol. The quantitative estimate of drug-likeness (QED) is 0.478.